The Labute approximate surface area is 466 Å². The van der Waals surface area contributed by atoms with E-state index in [9.17, 15) is 34.2 Å². The third kappa shape index (κ3) is 18.8. The van der Waals surface area contributed by atoms with Crippen molar-refractivity contribution >= 4 is 29.2 Å². The fourth-order valence-electron chi connectivity index (χ4n) is 12.1. The van der Waals surface area contributed by atoms with Gasteiger partial charge in [0.05, 0.1) is 50.3 Å². The number of esters is 1. The molecule has 0 aromatic heterocycles. The molecule has 16 atom stereocenters. The van der Waals surface area contributed by atoms with Crippen LogP contribution in [-0.2, 0) is 61.9 Å². The van der Waals surface area contributed by atoms with E-state index in [4.69, 9.17) is 37.9 Å². The van der Waals surface area contributed by atoms with E-state index in [0.29, 0.717) is 57.3 Å². The van der Waals surface area contributed by atoms with Crippen LogP contribution in [0.2, 0.25) is 0 Å². The Kier molecular flexibility index (Phi) is 27.0. The number of methoxy groups -OCH3 is 3. The van der Waals surface area contributed by atoms with Crippen LogP contribution < -0.4 is 0 Å². The van der Waals surface area contributed by atoms with Crippen molar-refractivity contribution in [1.82, 2.24) is 9.80 Å². The maximum absolute atomic E-state index is 14.7. The second kappa shape index (κ2) is 32.2. The van der Waals surface area contributed by atoms with Gasteiger partial charge >= 0.3 is 5.97 Å². The minimum atomic E-state index is -2.46. The van der Waals surface area contributed by atoms with Crippen molar-refractivity contribution in [1.29, 1.82) is 0 Å². The van der Waals surface area contributed by atoms with E-state index in [0.717, 1.165) is 57.5 Å². The Morgan fingerprint density at radius 1 is 0.821 bits per heavy atom. The summed E-state index contributed by atoms with van der Waals surface area (Å²) in [6.45, 7) is 19.8. The molecule has 1 saturated carbocycles. The molecule has 78 heavy (non-hydrogen) atoms. The predicted octanol–water partition coefficient (Wildman–Crippen LogP) is 7.33. The summed E-state index contributed by atoms with van der Waals surface area (Å²) in [7, 11) is 4.68. The number of fused-ring (bicyclic) bond motifs is 3. The Morgan fingerprint density at radius 3 is 2.31 bits per heavy atom. The molecule has 0 aromatic carbocycles. The molecule has 1 amide bonds. The molecular formula is C61H98N2O15. The minimum absolute atomic E-state index is 0.00343. The Hall–Kier alpha value is -3.49. The first-order valence-corrected chi connectivity index (χ1v) is 29.2. The van der Waals surface area contributed by atoms with E-state index in [-0.39, 0.29) is 80.0 Å². The summed E-state index contributed by atoms with van der Waals surface area (Å²) in [5.74, 6) is -7.94. The number of piperidine rings is 1. The number of rotatable bonds is 14. The topological polar surface area (TPSA) is 206 Å². The van der Waals surface area contributed by atoms with Crippen LogP contribution in [0, 0.1) is 35.5 Å². The average Bonchev–Trinajstić information content (AvgIpc) is 3.44. The number of cyclic esters (lactones) is 1. The number of aliphatic hydroxyl groups is 2. The van der Waals surface area contributed by atoms with E-state index in [1.165, 1.54) is 12.0 Å². The Morgan fingerprint density at radius 2 is 1.59 bits per heavy atom. The van der Waals surface area contributed by atoms with Crippen molar-refractivity contribution in [3.8, 4) is 0 Å². The van der Waals surface area contributed by atoms with Crippen molar-refractivity contribution in [2.24, 2.45) is 35.5 Å². The van der Waals surface area contributed by atoms with Gasteiger partial charge < -0.3 is 53.0 Å². The van der Waals surface area contributed by atoms with E-state index >= 15 is 0 Å². The van der Waals surface area contributed by atoms with E-state index in [1.54, 1.807) is 41.1 Å². The first-order chi connectivity index (χ1) is 37.2. The lowest BCUT2D eigenvalue weighted by Crippen LogP contribution is -2.61. The van der Waals surface area contributed by atoms with E-state index in [2.05, 4.69) is 11.8 Å². The van der Waals surface area contributed by atoms with Gasteiger partial charge in [-0.05, 0) is 120 Å². The molecule has 0 radical (unpaired) electrons. The number of aliphatic hydroxyl groups excluding tert-OH is 1. The highest BCUT2D eigenvalue weighted by Gasteiger charge is 2.53. The molecule has 17 heteroatoms. The lowest BCUT2D eigenvalue weighted by atomic mass is 9.78. The normalized spacial score (nSPS) is 37.0. The molecule has 5 aliphatic rings. The van der Waals surface area contributed by atoms with Crippen molar-refractivity contribution in [2.75, 3.05) is 73.9 Å². The average molecular weight is 1100 g/mol. The van der Waals surface area contributed by atoms with Crippen LogP contribution in [-0.4, -0.2) is 184 Å². The molecule has 442 valence electrons. The van der Waals surface area contributed by atoms with Crippen LogP contribution in [0.1, 0.15) is 139 Å². The number of amides is 1. The van der Waals surface area contributed by atoms with Crippen LogP contribution in [0.3, 0.4) is 0 Å². The molecule has 0 aromatic rings. The van der Waals surface area contributed by atoms with Gasteiger partial charge in [0, 0.05) is 84.7 Å². The lowest BCUT2D eigenvalue weighted by Gasteiger charge is -2.43. The summed E-state index contributed by atoms with van der Waals surface area (Å²) in [5, 5.41) is 23.8. The maximum atomic E-state index is 14.7. The summed E-state index contributed by atoms with van der Waals surface area (Å²) in [6, 6.07) is -1.15. The standard InChI is InChI=1S/C61H98N2O15/c1-39-18-13-12-14-19-40(2)52(76-31-30-71-9)36-48-23-21-45(7)61(70,78-48)58(67)59(68)63-26-16-15-20-49(63)60(69)77-53(37-50(64)41(3)33-44(6)56(66)57(73-11)55(65)43(5)32-39)42(4)34-47-22-24-51(54(35-47)72-10)75-28-17-25-62-27-29-74-46(8)38-62/h12-14,18-19,33,39,41-43,45-49,51-54,56-57,66,70H,15-17,20-32,34-38H2,1-11H3/b14-12?,18-13+,40-19?,44-33+/t39-,41-,42-,43-,45-,46+,47+,48+,49+,51-,52+,53+,54-,56-,57+,61-/m1/s1. The zero-order valence-electron chi connectivity index (χ0n) is 49.1. The number of carbonyl (C=O) groups excluding carboxylic acids is 5. The van der Waals surface area contributed by atoms with Gasteiger partial charge in [-0.3, -0.25) is 24.1 Å². The monoisotopic (exact) mass is 1100 g/mol. The lowest BCUT2D eigenvalue weighted by molar-refractivity contribution is -0.266. The molecule has 1 aliphatic carbocycles. The van der Waals surface area contributed by atoms with Crippen LogP contribution >= 0.6 is 0 Å². The number of nitrogens with zero attached hydrogens (tertiary/aromatic N) is 2. The van der Waals surface area contributed by atoms with Gasteiger partial charge in [0.15, 0.2) is 5.78 Å². The molecule has 17 nitrogen and oxygen atoms in total. The van der Waals surface area contributed by atoms with Crippen LogP contribution in [0.5, 0.6) is 0 Å². The number of morpholine rings is 1. The second-order valence-electron chi connectivity index (χ2n) is 23.4. The molecule has 2 N–H and O–H groups in total. The smallest absolute Gasteiger partial charge is 0.329 e. The summed E-state index contributed by atoms with van der Waals surface area (Å²) < 4.78 is 48.0. The van der Waals surface area contributed by atoms with Gasteiger partial charge in [-0.2, -0.15) is 0 Å². The number of allylic oxidation sites excluding steroid dienone is 6. The molecule has 4 aliphatic heterocycles. The van der Waals surface area contributed by atoms with Gasteiger partial charge in [-0.25, -0.2) is 4.79 Å². The van der Waals surface area contributed by atoms with E-state index in [1.807, 2.05) is 58.1 Å². The van der Waals surface area contributed by atoms with Gasteiger partial charge in [0.1, 0.15) is 30.1 Å². The quantitative estimate of drug-likeness (QED) is 0.0756. The fraction of sp³-hybridized carbons (Fsp3) is 0.787. The molecule has 0 unspecified atom stereocenters. The van der Waals surface area contributed by atoms with Crippen LogP contribution in [0.4, 0.5) is 0 Å². The Bertz CT molecular complexity index is 2060. The summed E-state index contributed by atoms with van der Waals surface area (Å²) in [5.41, 5.74) is 1.26. The van der Waals surface area contributed by atoms with E-state index < -0.39 is 77.8 Å². The van der Waals surface area contributed by atoms with Crippen LogP contribution in [0.25, 0.3) is 0 Å². The van der Waals surface area contributed by atoms with Gasteiger partial charge in [-0.1, -0.05) is 71.1 Å². The highest BCUT2D eigenvalue weighted by molar-refractivity contribution is 6.39. The van der Waals surface area contributed by atoms with Gasteiger partial charge in [0.25, 0.3) is 11.7 Å². The zero-order chi connectivity index (χ0) is 57.1. The number of carbonyl (C=O) groups is 5. The highest BCUT2D eigenvalue weighted by atomic mass is 16.6. The number of hydrogen-bond acceptors (Lipinski definition) is 16. The zero-order valence-corrected chi connectivity index (χ0v) is 49.1. The van der Waals surface area contributed by atoms with Crippen molar-refractivity contribution in [3.05, 3.63) is 47.6 Å². The summed E-state index contributed by atoms with van der Waals surface area (Å²) >= 11 is 0. The summed E-state index contributed by atoms with van der Waals surface area (Å²) in [6.07, 6.45) is 13.5. The first kappa shape index (κ1) is 65.3. The number of Topliss-reactive ketones (excluding diaryl/α,β-unsaturated/α-hetero) is 3. The highest BCUT2D eigenvalue weighted by Crippen LogP contribution is 2.38. The molecule has 0 spiro atoms. The van der Waals surface area contributed by atoms with Crippen molar-refractivity contribution in [3.63, 3.8) is 0 Å². The molecule has 3 saturated heterocycles. The SMILES string of the molecule is COCCO[C@H]1C[C@@H]2CC[C@@H](C)[C@@](O)(O2)C(=O)C(=O)N2CCCC[C@H]2C(=O)O[C@H]([C@H](C)C[C@@H]2CC[C@@H](OCCCN3CCO[C@@H](C)C3)[C@H](OC)C2)CC(=O)[C@H](C)/C=C(\C)[C@@H](O)[C@@H](OC)C(=O)[C@H](C)C[C@H](C)/C=C/C=CC=C1C. The van der Waals surface area contributed by atoms with Gasteiger partial charge in [-0.15, -0.1) is 0 Å². The summed E-state index contributed by atoms with van der Waals surface area (Å²) in [4.78, 5) is 75.6. The molecule has 4 fully saturated rings. The Balaban J connectivity index is 1.41. The second-order valence-corrected chi connectivity index (χ2v) is 23.4. The van der Waals surface area contributed by atoms with Crippen molar-refractivity contribution < 1.29 is 72.1 Å². The third-order valence-corrected chi connectivity index (χ3v) is 17.1. The molecule has 4 heterocycles. The largest absolute Gasteiger partial charge is 0.460 e. The first-order valence-electron chi connectivity index (χ1n) is 29.2. The van der Waals surface area contributed by atoms with Gasteiger partial charge in [0.2, 0.25) is 5.79 Å². The fourth-order valence-corrected chi connectivity index (χ4v) is 12.1. The minimum Gasteiger partial charge on any atom is -0.460 e. The molecule has 2 bridgehead atoms. The molecular weight excluding hydrogens is 1000 g/mol. The predicted molar refractivity (Wildman–Crippen MR) is 296 cm³/mol. The third-order valence-electron chi connectivity index (χ3n) is 17.1. The van der Waals surface area contributed by atoms with Crippen molar-refractivity contribution in [2.45, 2.75) is 200 Å². The number of ketones is 3. The van der Waals surface area contributed by atoms with Crippen LogP contribution in [0.15, 0.2) is 47.6 Å². The number of ether oxygens (including phenoxy) is 8. The maximum Gasteiger partial charge on any atom is 0.329 e. The number of hydrogen-bond donors (Lipinski definition) is 2. The molecule has 5 rings (SSSR count).